The molecule has 0 aliphatic carbocycles. The van der Waals surface area contributed by atoms with E-state index in [2.05, 4.69) is 86.8 Å². The molecule has 520 valence electrons. The predicted octanol–water partition coefficient (Wildman–Crippen LogP) is 24.7. The van der Waals surface area contributed by atoms with Crippen LogP contribution >= 0.6 is 7.82 Å². The van der Waals surface area contributed by atoms with Crippen molar-refractivity contribution in [3.8, 4) is 0 Å². The molecule has 89 heavy (non-hydrogen) atoms. The van der Waals surface area contributed by atoms with Crippen molar-refractivity contribution in [3.63, 3.8) is 0 Å². The number of rotatable bonds is 70. The molecule has 1 amide bonds. The fraction of sp³-hybridized carbons (Fsp3) is 0.823. The summed E-state index contributed by atoms with van der Waals surface area (Å²) < 4.78 is 30.9. The van der Waals surface area contributed by atoms with E-state index in [1.807, 2.05) is 33.3 Å². The average Bonchev–Trinajstić information content (AvgIpc) is 3.71. The summed E-state index contributed by atoms with van der Waals surface area (Å²) in [5.74, 6) is -0.496. The first-order valence-electron chi connectivity index (χ1n) is 38.3. The number of unbranched alkanes of at least 4 members (excludes halogenated alkanes) is 44. The summed E-state index contributed by atoms with van der Waals surface area (Å²) in [6.07, 6.45) is 90.7. The molecule has 0 heterocycles. The number of phosphoric acid groups is 1. The largest absolute Gasteiger partial charge is 0.472 e. The standard InChI is InChI=1S/C79H147N2O7P/c1-7-10-13-16-19-22-25-27-29-31-33-35-37-39-40-42-44-46-48-50-52-54-57-60-63-66-69-72-79(83)88-77(70-67-64-61-58-55-24-21-18-15-12-9-3)76(75-87-89(84,85)86-74-73-81(4,5)6)80-78(82)71-68-65-62-59-56-53-51-49-47-45-43-41-38-36-34-32-30-28-26-23-20-17-14-11-8-2/h19,22,27-30,33,35,39-40,67,70,76-77H,7-18,20-21,23-26,31-32,34,36-38,41-66,68-69,71-75H2,1-6H3,(H-,80,82,84,85)/p+1/b22-19-,29-27-,30-28+,35-33-,40-39-,70-67+. The Balaban J connectivity index is 4.93. The second-order valence-corrected chi connectivity index (χ2v) is 28.6. The first-order chi connectivity index (χ1) is 43.4. The van der Waals surface area contributed by atoms with Gasteiger partial charge in [-0.05, 0) is 102 Å². The lowest BCUT2D eigenvalue weighted by atomic mass is 10.0. The van der Waals surface area contributed by atoms with Crippen molar-refractivity contribution in [2.45, 2.75) is 380 Å². The van der Waals surface area contributed by atoms with Crippen LogP contribution in [0.5, 0.6) is 0 Å². The van der Waals surface area contributed by atoms with Gasteiger partial charge in [0.25, 0.3) is 0 Å². The van der Waals surface area contributed by atoms with E-state index in [9.17, 15) is 19.0 Å². The fourth-order valence-electron chi connectivity index (χ4n) is 11.2. The number of carbonyl (C=O) groups is 2. The van der Waals surface area contributed by atoms with Gasteiger partial charge in [-0.3, -0.25) is 18.6 Å². The van der Waals surface area contributed by atoms with Crippen molar-refractivity contribution in [2.24, 2.45) is 0 Å². The van der Waals surface area contributed by atoms with Crippen LogP contribution in [-0.2, 0) is 27.9 Å². The predicted molar refractivity (Wildman–Crippen MR) is 388 cm³/mol. The van der Waals surface area contributed by atoms with E-state index in [1.165, 1.54) is 257 Å². The summed E-state index contributed by atoms with van der Waals surface area (Å²) in [5, 5.41) is 3.08. The third-order valence-electron chi connectivity index (χ3n) is 17.1. The first kappa shape index (κ1) is 86.5. The third kappa shape index (κ3) is 69.6. The molecule has 2 N–H and O–H groups in total. The Morgan fingerprint density at radius 3 is 1.06 bits per heavy atom. The van der Waals surface area contributed by atoms with Gasteiger partial charge in [-0.25, -0.2) is 4.57 Å². The Bertz CT molecular complexity index is 1750. The Morgan fingerprint density at radius 2 is 0.685 bits per heavy atom. The Kier molecular flexibility index (Phi) is 66.4. The lowest BCUT2D eigenvalue weighted by Crippen LogP contribution is -2.47. The number of amides is 1. The quantitative estimate of drug-likeness (QED) is 0.0205. The van der Waals surface area contributed by atoms with Crippen LogP contribution in [0.4, 0.5) is 0 Å². The van der Waals surface area contributed by atoms with Crippen molar-refractivity contribution in [1.82, 2.24) is 5.32 Å². The van der Waals surface area contributed by atoms with Gasteiger partial charge < -0.3 is 19.4 Å². The van der Waals surface area contributed by atoms with Crippen LogP contribution in [0.2, 0.25) is 0 Å². The molecule has 10 heteroatoms. The van der Waals surface area contributed by atoms with Crippen LogP contribution < -0.4 is 5.32 Å². The van der Waals surface area contributed by atoms with Crippen LogP contribution in [0.1, 0.15) is 367 Å². The van der Waals surface area contributed by atoms with Crippen molar-refractivity contribution in [3.05, 3.63) is 72.9 Å². The van der Waals surface area contributed by atoms with Gasteiger partial charge in [-0.15, -0.1) is 0 Å². The highest BCUT2D eigenvalue weighted by Crippen LogP contribution is 2.43. The number of hydrogen-bond acceptors (Lipinski definition) is 6. The number of nitrogens with one attached hydrogen (secondary N) is 1. The molecule has 0 aliphatic heterocycles. The minimum atomic E-state index is -4.46. The zero-order valence-electron chi connectivity index (χ0n) is 59.7. The number of esters is 1. The molecular weight excluding hydrogens is 1120 g/mol. The Morgan fingerprint density at radius 1 is 0.393 bits per heavy atom. The Labute approximate surface area is 553 Å². The number of quaternary nitrogens is 1. The van der Waals surface area contributed by atoms with Crippen LogP contribution in [0, 0.1) is 0 Å². The summed E-state index contributed by atoms with van der Waals surface area (Å²) in [7, 11) is 1.50. The number of allylic oxidation sites excluding steroid dienone is 11. The second-order valence-electron chi connectivity index (χ2n) is 27.2. The van der Waals surface area contributed by atoms with Gasteiger partial charge in [0.15, 0.2) is 0 Å². The van der Waals surface area contributed by atoms with E-state index in [-0.39, 0.29) is 31.5 Å². The molecule has 0 spiro atoms. The van der Waals surface area contributed by atoms with Gasteiger partial charge in [0, 0.05) is 12.8 Å². The molecule has 0 saturated carbocycles. The van der Waals surface area contributed by atoms with E-state index in [4.69, 9.17) is 13.8 Å². The smallest absolute Gasteiger partial charge is 0.456 e. The first-order valence-corrected chi connectivity index (χ1v) is 39.8. The van der Waals surface area contributed by atoms with Gasteiger partial charge in [0.05, 0.1) is 33.8 Å². The molecule has 0 saturated heterocycles. The van der Waals surface area contributed by atoms with Crippen molar-refractivity contribution >= 4 is 19.7 Å². The van der Waals surface area contributed by atoms with Gasteiger partial charge in [-0.2, -0.15) is 0 Å². The maximum atomic E-state index is 13.6. The highest BCUT2D eigenvalue weighted by Gasteiger charge is 2.30. The summed E-state index contributed by atoms with van der Waals surface area (Å²) in [4.78, 5) is 38.0. The SMILES string of the molecule is CCCCC/C=C\C/C=C\C/C=C\C/C=C\CCCCCCCCCCCCCC(=O)OC(/C=C/CCCCCCCCCCC)C(COP(=O)(O)OCC[N+](C)(C)C)NC(=O)CCCCCCCCCCCCCCCCC/C=C/CCCCCCCC. The fourth-order valence-corrected chi connectivity index (χ4v) is 12.0. The van der Waals surface area contributed by atoms with E-state index in [0.29, 0.717) is 17.4 Å². The zero-order valence-corrected chi connectivity index (χ0v) is 60.6. The van der Waals surface area contributed by atoms with Crippen molar-refractivity contribution in [1.29, 1.82) is 0 Å². The molecule has 3 unspecified atom stereocenters. The number of nitrogens with zero attached hydrogens (tertiary/aromatic N) is 1. The summed E-state index contributed by atoms with van der Waals surface area (Å²) in [6, 6.07) is -0.852. The summed E-state index contributed by atoms with van der Waals surface area (Å²) >= 11 is 0. The maximum Gasteiger partial charge on any atom is 0.472 e. The number of ether oxygens (including phenoxy) is 1. The molecule has 0 bridgehead atoms. The minimum Gasteiger partial charge on any atom is -0.456 e. The molecule has 0 fully saturated rings. The molecule has 0 rings (SSSR count). The average molecular weight is 1270 g/mol. The van der Waals surface area contributed by atoms with Crippen LogP contribution in [-0.4, -0.2) is 74.3 Å². The number of phosphoric ester groups is 1. The molecular formula is C79H148N2O7P+. The van der Waals surface area contributed by atoms with E-state index in [1.54, 1.807) is 0 Å². The summed E-state index contributed by atoms with van der Waals surface area (Å²) in [5.41, 5.74) is 0. The molecule has 0 aromatic rings. The lowest BCUT2D eigenvalue weighted by molar-refractivity contribution is -0.870. The topological polar surface area (TPSA) is 111 Å². The second kappa shape index (κ2) is 68.3. The van der Waals surface area contributed by atoms with Gasteiger partial charge >= 0.3 is 13.8 Å². The van der Waals surface area contributed by atoms with Crippen LogP contribution in [0.15, 0.2) is 72.9 Å². The maximum absolute atomic E-state index is 13.6. The van der Waals surface area contributed by atoms with E-state index in [0.717, 1.165) is 77.0 Å². The van der Waals surface area contributed by atoms with E-state index < -0.39 is 20.0 Å². The van der Waals surface area contributed by atoms with Gasteiger partial charge in [-0.1, -0.05) is 325 Å². The lowest BCUT2D eigenvalue weighted by Gasteiger charge is -2.27. The molecule has 3 atom stereocenters. The highest BCUT2D eigenvalue weighted by molar-refractivity contribution is 7.47. The molecule has 0 aromatic heterocycles. The summed E-state index contributed by atoms with van der Waals surface area (Å²) in [6.45, 7) is 7.02. The molecule has 0 radical (unpaired) electrons. The Hall–Kier alpha value is -2.55. The van der Waals surface area contributed by atoms with Gasteiger partial charge in [0.2, 0.25) is 5.91 Å². The molecule has 0 aromatic carbocycles. The van der Waals surface area contributed by atoms with Crippen LogP contribution in [0.3, 0.4) is 0 Å². The number of hydrogen-bond donors (Lipinski definition) is 2. The van der Waals surface area contributed by atoms with Crippen LogP contribution in [0.25, 0.3) is 0 Å². The third-order valence-corrected chi connectivity index (χ3v) is 18.1. The van der Waals surface area contributed by atoms with Gasteiger partial charge in [0.1, 0.15) is 19.3 Å². The number of likely N-dealkylation sites (N-methyl/N-ethyl adjacent to an activating group) is 1. The number of carbonyl (C=O) groups excluding carboxylic acids is 2. The normalized spacial score (nSPS) is 13.8. The minimum absolute atomic E-state index is 0.0395. The van der Waals surface area contributed by atoms with Crippen molar-refractivity contribution < 1.29 is 37.3 Å². The molecule has 9 nitrogen and oxygen atoms in total. The van der Waals surface area contributed by atoms with E-state index >= 15 is 0 Å². The molecule has 0 aliphatic rings. The highest BCUT2D eigenvalue weighted by atomic mass is 31.2. The zero-order chi connectivity index (χ0) is 64.9. The monoisotopic (exact) mass is 1270 g/mol. The van der Waals surface area contributed by atoms with Crippen molar-refractivity contribution in [2.75, 3.05) is 40.9 Å².